The summed E-state index contributed by atoms with van der Waals surface area (Å²) >= 11 is 0. The van der Waals surface area contributed by atoms with Crippen LogP contribution in [0.5, 0.6) is 0 Å². The molecule has 2 rings (SSSR count). The Bertz CT molecular complexity index is 346. The molecule has 1 fully saturated rings. The molecule has 3 atom stereocenters. The van der Waals surface area contributed by atoms with Crippen LogP contribution in [0.4, 0.5) is 0 Å². The van der Waals surface area contributed by atoms with E-state index in [4.69, 9.17) is 5.73 Å². The van der Waals surface area contributed by atoms with Crippen molar-refractivity contribution in [2.24, 2.45) is 17.6 Å². The molecule has 1 heterocycles. The second-order valence-electron chi connectivity index (χ2n) is 5.48. The molecule has 0 aliphatic heterocycles. The number of tetrazole rings is 1. The normalized spacial score (nSPS) is 27.0. The minimum atomic E-state index is -0.0877. The molecule has 0 saturated heterocycles. The van der Waals surface area contributed by atoms with Gasteiger partial charge in [-0.05, 0) is 42.0 Å². The van der Waals surface area contributed by atoms with Crippen LogP contribution >= 0.6 is 0 Å². The van der Waals surface area contributed by atoms with Crippen molar-refractivity contribution < 1.29 is 0 Å². The van der Waals surface area contributed by atoms with Gasteiger partial charge in [-0.25, -0.2) is 4.68 Å². The Morgan fingerprint density at radius 1 is 1.47 bits per heavy atom. The quantitative estimate of drug-likeness (QED) is 0.868. The fraction of sp³-hybridized carbons (Fsp3) is 0.917. The minimum absolute atomic E-state index is 0.0877. The highest BCUT2D eigenvalue weighted by atomic mass is 15.5. The Labute approximate surface area is 103 Å². The van der Waals surface area contributed by atoms with Gasteiger partial charge in [0, 0.05) is 6.54 Å². The lowest BCUT2D eigenvalue weighted by Crippen LogP contribution is -2.18. The molecule has 1 aromatic heterocycles. The van der Waals surface area contributed by atoms with Crippen LogP contribution in [-0.4, -0.2) is 20.2 Å². The molecule has 2 N–H and O–H groups in total. The van der Waals surface area contributed by atoms with Gasteiger partial charge in [0.2, 0.25) is 0 Å². The molecular weight excluding hydrogens is 214 g/mol. The van der Waals surface area contributed by atoms with Crippen molar-refractivity contribution in [1.82, 2.24) is 20.2 Å². The number of aryl methyl sites for hydroxylation is 1. The highest BCUT2D eigenvalue weighted by Crippen LogP contribution is 2.30. The second-order valence-corrected chi connectivity index (χ2v) is 5.48. The summed E-state index contributed by atoms with van der Waals surface area (Å²) in [6, 6.07) is -0.0877. The number of nitrogens with two attached hydrogens (primary N) is 1. The molecule has 96 valence electrons. The van der Waals surface area contributed by atoms with E-state index in [1.807, 2.05) is 11.6 Å². The van der Waals surface area contributed by atoms with E-state index in [-0.39, 0.29) is 6.04 Å². The van der Waals surface area contributed by atoms with E-state index in [0.29, 0.717) is 0 Å². The van der Waals surface area contributed by atoms with Gasteiger partial charge in [0.05, 0.1) is 6.04 Å². The first-order chi connectivity index (χ1) is 8.16. The number of rotatable bonds is 4. The van der Waals surface area contributed by atoms with E-state index in [0.717, 1.165) is 24.2 Å². The summed E-state index contributed by atoms with van der Waals surface area (Å²) in [6.07, 6.45) is 6.67. The fourth-order valence-electron chi connectivity index (χ4n) is 2.82. The van der Waals surface area contributed by atoms with Gasteiger partial charge in [0.15, 0.2) is 5.82 Å². The highest BCUT2D eigenvalue weighted by molar-refractivity contribution is 4.87. The smallest absolute Gasteiger partial charge is 0.167 e. The van der Waals surface area contributed by atoms with E-state index >= 15 is 0 Å². The first-order valence-electron chi connectivity index (χ1n) is 6.68. The van der Waals surface area contributed by atoms with Crippen LogP contribution in [0.3, 0.4) is 0 Å². The third-order valence-electron chi connectivity index (χ3n) is 3.76. The van der Waals surface area contributed by atoms with Crippen molar-refractivity contribution in [2.45, 2.75) is 58.5 Å². The third-order valence-corrected chi connectivity index (χ3v) is 3.76. The Morgan fingerprint density at radius 2 is 2.29 bits per heavy atom. The first kappa shape index (κ1) is 12.5. The summed E-state index contributed by atoms with van der Waals surface area (Å²) in [5, 5.41) is 11.7. The molecule has 17 heavy (non-hydrogen) atoms. The van der Waals surface area contributed by atoms with E-state index in [1.54, 1.807) is 0 Å². The lowest BCUT2D eigenvalue weighted by molar-refractivity contribution is 0.256. The molecule has 1 aliphatic carbocycles. The van der Waals surface area contributed by atoms with Crippen LogP contribution in [0.2, 0.25) is 0 Å². The van der Waals surface area contributed by atoms with Crippen LogP contribution < -0.4 is 5.73 Å². The summed E-state index contributed by atoms with van der Waals surface area (Å²) in [7, 11) is 0. The molecule has 1 aromatic rings. The van der Waals surface area contributed by atoms with Crippen LogP contribution in [0.1, 0.15) is 57.8 Å². The summed E-state index contributed by atoms with van der Waals surface area (Å²) in [4.78, 5) is 0. The summed E-state index contributed by atoms with van der Waals surface area (Å²) in [6.45, 7) is 5.18. The molecule has 3 unspecified atom stereocenters. The SMILES string of the molecule is CC1CCCC(CCn2nnnc2C(C)N)C1. The maximum absolute atomic E-state index is 5.83. The second kappa shape index (κ2) is 5.58. The first-order valence-corrected chi connectivity index (χ1v) is 6.68. The zero-order valence-electron chi connectivity index (χ0n) is 10.8. The van der Waals surface area contributed by atoms with Gasteiger partial charge in [0.1, 0.15) is 0 Å². The topological polar surface area (TPSA) is 69.6 Å². The van der Waals surface area contributed by atoms with Crippen molar-refractivity contribution in [3.8, 4) is 0 Å². The summed E-state index contributed by atoms with van der Waals surface area (Å²) in [5.41, 5.74) is 5.83. The average Bonchev–Trinajstić information content (AvgIpc) is 2.74. The molecule has 5 nitrogen and oxygen atoms in total. The van der Waals surface area contributed by atoms with Crippen molar-refractivity contribution in [2.75, 3.05) is 0 Å². The minimum Gasteiger partial charge on any atom is -0.322 e. The largest absolute Gasteiger partial charge is 0.322 e. The Balaban J connectivity index is 1.86. The standard InChI is InChI=1S/C12H23N5/c1-9-4-3-5-11(8-9)6-7-17-12(10(2)13)14-15-16-17/h9-11H,3-8,13H2,1-2H3. The van der Waals surface area contributed by atoms with Crippen LogP contribution in [0.15, 0.2) is 0 Å². The number of hydrogen-bond donors (Lipinski definition) is 1. The summed E-state index contributed by atoms with van der Waals surface area (Å²) < 4.78 is 1.87. The van der Waals surface area contributed by atoms with Crippen molar-refractivity contribution in [1.29, 1.82) is 0 Å². The lowest BCUT2D eigenvalue weighted by Gasteiger charge is -2.26. The van der Waals surface area contributed by atoms with Gasteiger partial charge >= 0.3 is 0 Å². The molecule has 0 bridgehead atoms. The van der Waals surface area contributed by atoms with E-state index in [1.165, 1.54) is 32.1 Å². The van der Waals surface area contributed by atoms with Gasteiger partial charge in [-0.15, -0.1) is 5.10 Å². The van der Waals surface area contributed by atoms with Crippen molar-refractivity contribution in [3.05, 3.63) is 5.82 Å². The van der Waals surface area contributed by atoms with Gasteiger partial charge in [0.25, 0.3) is 0 Å². The van der Waals surface area contributed by atoms with E-state index in [9.17, 15) is 0 Å². The maximum Gasteiger partial charge on any atom is 0.167 e. The Morgan fingerprint density at radius 3 is 3.00 bits per heavy atom. The van der Waals surface area contributed by atoms with E-state index < -0.39 is 0 Å². The zero-order valence-corrected chi connectivity index (χ0v) is 10.8. The van der Waals surface area contributed by atoms with Gasteiger partial charge < -0.3 is 5.73 Å². The fourth-order valence-corrected chi connectivity index (χ4v) is 2.82. The lowest BCUT2D eigenvalue weighted by atomic mass is 9.81. The average molecular weight is 237 g/mol. The molecular formula is C12H23N5. The van der Waals surface area contributed by atoms with Crippen LogP contribution in [-0.2, 0) is 6.54 Å². The predicted octanol–water partition coefficient (Wildman–Crippen LogP) is 1.91. The third kappa shape index (κ3) is 3.25. The summed E-state index contributed by atoms with van der Waals surface area (Å²) in [5.74, 6) is 2.52. The number of nitrogens with zero attached hydrogens (tertiary/aromatic N) is 4. The number of aromatic nitrogens is 4. The molecule has 0 aromatic carbocycles. The van der Waals surface area contributed by atoms with E-state index in [2.05, 4.69) is 22.4 Å². The zero-order chi connectivity index (χ0) is 12.3. The molecule has 1 aliphatic rings. The van der Waals surface area contributed by atoms with Crippen molar-refractivity contribution >= 4 is 0 Å². The number of hydrogen-bond acceptors (Lipinski definition) is 4. The molecule has 5 heteroatoms. The van der Waals surface area contributed by atoms with Gasteiger partial charge in [-0.1, -0.05) is 26.2 Å². The predicted molar refractivity (Wildman–Crippen MR) is 66.2 cm³/mol. The van der Waals surface area contributed by atoms with Crippen LogP contribution in [0.25, 0.3) is 0 Å². The Hall–Kier alpha value is -0.970. The van der Waals surface area contributed by atoms with Gasteiger partial charge in [-0.2, -0.15) is 0 Å². The molecule has 0 amide bonds. The Kier molecular flexibility index (Phi) is 4.10. The van der Waals surface area contributed by atoms with Crippen LogP contribution in [0, 0.1) is 11.8 Å². The molecule has 1 saturated carbocycles. The monoisotopic (exact) mass is 237 g/mol. The maximum atomic E-state index is 5.83. The molecule has 0 spiro atoms. The van der Waals surface area contributed by atoms with Gasteiger partial charge in [-0.3, -0.25) is 0 Å². The molecule has 0 radical (unpaired) electrons. The van der Waals surface area contributed by atoms with Crippen molar-refractivity contribution in [3.63, 3.8) is 0 Å². The highest BCUT2D eigenvalue weighted by Gasteiger charge is 2.19.